The number of hydrogen-bond acceptors (Lipinski definition) is 5. The summed E-state index contributed by atoms with van der Waals surface area (Å²) in [7, 11) is 0. The van der Waals surface area contributed by atoms with E-state index in [0.717, 1.165) is 6.42 Å². The summed E-state index contributed by atoms with van der Waals surface area (Å²) in [4.78, 5) is 30.6. The normalized spacial score (nSPS) is 10.8. The fourth-order valence-electron chi connectivity index (χ4n) is 3.51. The van der Waals surface area contributed by atoms with Gasteiger partial charge in [-0.3, -0.25) is 14.2 Å². The van der Waals surface area contributed by atoms with E-state index < -0.39 is 0 Å². The van der Waals surface area contributed by atoms with Gasteiger partial charge in [-0.1, -0.05) is 66.4 Å². The minimum atomic E-state index is -0.195. The summed E-state index contributed by atoms with van der Waals surface area (Å²) in [6.45, 7) is 2.92. The van der Waals surface area contributed by atoms with E-state index in [1.807, 2.05) is 73.7 Å². The van der Waals surface area contributed by atoms with Crippen LogP contribution < -0.4 is 15.6 Å². The van der Waals surface area contributed by atoms with Gasteiger partial charge in [-0.2, -0.15) is 0 Å². The van der Waals surface area contributed by atoms with Crippen molar-refractivity contribution in [2.45, 2.75) is 18.5 Å². The van der Waals surface area contributed by atoms with Crippen LogP contribution in [0.2, 0.25) is 0 Å². The molecule has 0 fully saturated rings. The highest BCUT2D eigenvalue weighted by Gasteiger charge is 2.17. The number of fused-ring (bicyclic) bond motifs is 1. The molecule has 1 heterocycles. The van der Waals surface area contributed by atoms with Crippen LogP contribution in [0.15, 0.2) is 88.8 Å². The first-order valence-electron chi connectivity index (χ1n) is 10.8. The zero-order valence-electron chi connectivity index (χ0n) is 18.4. The molecule has 1 aromatic heterocycles. The van der Waals surface area contributed by atoms with E-state index in [-0.39, 0.29) is 17.2 Å². The third kappa shape index (κ3) is 5.43. The standard InChI is InChI=1S/C26H25N3O3S/c1-2-32-23-15-9-8-14-22(23)29-25(31)20-12-6-7-13-21(20)28-26(29)33-18-24(30)27-17-16-19-10-4-3-5-11-19/h3-15H,2,16-18H2,1H3,(H,27,30). The number of nitrogens with zero attached hydrogens (tertiary/aromatic N) is 2. The van der Waals surface area contributed by atoms with Crippen LogP contribution in [-0.4, -0.2) is 34.4 Å². The second-order valence-electron chi connectivity index (χ2n) is 7.33. The van der Waals surface area contributed by atoms with E-state index in [4.69, 9.17) is 9.72 Å². The lowest BCUT2D eigenvalue weighted by molar-refractivity contribution is -0.118. The Labute approximate surface area is 196 Å². The summed E-state index contributed by atoms with van der Waals surface area (Å²) in [6, 6.07) is 24.6. The van der Waals surface area contributed by atoms with Gasteiger partial charge in [0.2, 0.25) is 5.91 Å². The maximum absolute atomic E-state index is 13.4. The van der Waals surface area contributed by atoms with Gasteiger partial charge in [-0.15, -0.1) is 0 Å². The van der Waals surface area contributed by atoms with Crippen LogP contribution in [0, 0.1) is 0 Å². The van der Waals surface area contributed by atoms with Crippen LogP contribution in [-0.2, 0) is 11.2 Å². The van der Waals surface area contributed by atoms with Gasteiger partial charge in [-0.25, -0.2) is 4.98 Å². The van der Waals surface area contributed by atoms with Crippen molar-refractivity contribution in [3.63, 3.8) is 0 Å². The molecule has 1 amide bonds. The third-order valence-corrected chi connectivity index (χ3v) is 6.00. The fraction of sp³-hybridized carbons (Fsp3) is 0.192. The Kier molecular flexibility index (Phi) is 7.42. The van der Waals surface area contributed by atoms with Gasteiger partial charge in [0, 0.05) is 6.54 Å². The first-order chi connectivity index (χ1) is 16.2. The van der Waals surface area contributed by atoms with Gasteiger partial charge in [-0.05, 0) is 43.2 Å². The maximum atomic E-state index is 13.4. The highest BCUT2D eigenvalue weighted by Crippen LogP contribution is 2.27. The number of para-hydroxylation sites is 3. The minimum absolute atomic E-state index is 0.108. The Hall–Kier alpha value is -3.58. The Morgan fingerprint density at radius 2 is 1.73 bits per heavy atom. The average Bonchev–Trinajstić information content (AvgIpc) is 2.84. The van der Waals surface area contributed by atoms with E-state index in [0.29, 0.717) is 40.6 Å². The quantitative estimate of drug-likeness (QED) is 0.299. The van der Waals surface area contributed by atoms with Crippen LogP contribution in [0.1, 0.15) is 12.5 Å². The van der Waals surface area contributed by atoms with E-state index in [1.54, 1.807) is 12.1 Å². The van der Waals surface area contributed by atoms with E-state index in [2.05, 4.69) is 5.32 Å². The van der Waals surface area contributed by atoms with E-state index in [9.17, 15) is 9.59 Å². The molecule has 4 aromatic rings. The van der Waals surface area contributed by atoms with Crippen LogP contribution in [0.25, 0.3) is 16.6 Å². The number of carbonyl (C=O) groups excluding carboxylic acids is 1. The summed E-state index contributed by atoms with van der Waals surface area (Å²) in [6.07, 6.45) is 0.762. The van der Waals surface area contributed by atoms with Crippen molar-refractivity contribution in [3.8, 4) is 11.4 Å². The summed E-state index contributed by atoms with van der Waals surface area (Å²) in [5.74, 6) is 0.632. The summed E-state index contributed by atoms with van der Waals surface area (Å²) >= 11 is 1.24. The molecule has 0 atom stereocenters. The summed E-state index contributed by atoms with van der Waals surface area (Å²) in [5, 5.41) is 3.91. The smallest absolute Gasteiger partial charge is 0.266 e. The van der Waals surface area contributed by atoms with Crippen molar-refractivity contribution >= 4 is 28.6 Å². The largest absolute Gasteiger partial charge is 0.492 e. The van der Waals surface area contributed by atoms with Crippen LogP contribution in [0.4, 0.5) is 0 Å². The lowest BCUT2D eigenvalue weighted by Crippen LogP contribution is -2.28. The van der Waals surface area contributed by atoms with Gasteiger partial charge in [0.05, 0.1) is 29.0 Å². The van der Waals surface area contributed by atoms with Gasteiger partial charge >= 0.3 is 0 Å². The molecule has 0 saturated carbocycles. The molecule has 0 saturated heterocycles. The topological polar surface area (TPSA) is 73.2 Å². The van der Waals surface area contributed by atoms with Crippen molar-refractivity contribution in [2.75, 3.05) is 18.9 Å². The highest BCUT2D eigenvalue weighted by molar-refractivity contribution is 7.99. The lowest BCUT2D eigenvalue weighted by Gasteiger charge is -2.16. The van der Waals surface area contributed by atoms with Gasteiger partial charge in [0.25, 0.3) is 5.56 Å². The number of ether oxygens (including phenoxy) is 1. The molecule has 7 heteroatoms. The molecule has 0 aliphatic rings. The number of rotatable bonds is 9. The third-order valence-electron chi connectivity index (χ3n) is 5.06. The van der Waals surface area contributed by atoms with Gasteiger partial charge in [0.15, 0.2) is 5.16 Å². The molecule has 0 unspecified atom stereocenters. The number of thioether (sulfide) groups is 1. The Balaban J connectivity index is 1.58. The molecule has 6 nitrogen and oxygen atoms in total. The van der Waals surface area contributed by atoms with Gasteiger partial charge in [0.1, 0.15) is 5.75 Å². The Morgan fingerprint density at radius 3 is 2.55 bits per heavy atom. The monoisotopic (exact) mass is 459 g/mol. The molecule has 0 aliphatic heterocycles. The van der Waals surface area contributed by atoms with Crippen LogP contribution >= 0.6 is 11.8 Å². The number of aromatic nitrogens is 2. The molecule has 3 aromatic carbocycles. The highest BCUT2D eigenvalue weighted by atomic mass is 32.2. The Morgan fingerprint density at radius 1 is 1.00 bits per heavy atom. The number of benzene rings is 3. The first kappa shape index (κ1) is 22.6. The van der Waals surface area contributed by atoms with Crippen molar-refractivity contribution in [3.05, 3.63) is 94.8 Å². The zero-order valence-corrected chi connectivity index (χ0v) is 19.2. The minimum Gasteiger partial charge on any atom is -0.492 e. The number of amides is 1. The molecular weight excluding hydrogens is 434 g/mol. The van der Waals surface area contributed by atoms with Crippen molar-refractivity contribution < 1.29 is 9.53 Å². The number of hydrogen-bond donors (Lipinski definition) is 1. The van der Waals surface area contributed by atoms with Crippen LogP contribution in [0.3, 0.4) is 0 Å². The van der Waals surface area contributed by atoms with E-state index in [1.165, 1.54) is 21.9 Å². The second kappa shape index (κ2) is 10.8. The molecule has 4 rings (SSSR count). The molecule has 0 aliphatic carbocycles. The molecule has 0 radical (unpaired) electrons. The van der Waals surface area contributed by atoms with Crippen LogP contribution in [0.5, 0.6) is 5.75 Å². The van der Waals surface area contributed by atoms with Crippen molar-refractivity contribution in [1.29, 1.82) is 0 Å². The van der Waals surface area contributed by atoms with Gasteiger partial charge < -0.3 is 10.1 Å². The molecule has 168 valence electrons. The SMILES string of the molecule is CCOc1ccccc1-n1c(SCC(=O)NCCc2ccccc2)nc2ccccc2c1=O. The molecular formula is C26H25N3O3S. The Bertz CT molecular complexity index is 1310. The number of carbonyl (C=O) groups is 1. The molecule has 0 spiro atoms. The average molecular weight is 460 g/mol. The predicted octanol–water partition coefficient (Wildman–Crippen LogP) is 4.24. The maximum Gasteiger partial charge on any atom is 0.266 e. The molecule has 0 bridgehead atoms. The van der Waals surface area contributed by atoms with Crippen molar-refractivity contribution in [1.82, 2.24) is 14.9 Å². The van der Waals surface area contributed by atoms with Crippen molar-refractivity contribution in [2.24, 2.45) is 0 Å². The predicted molar refractivity (Wildman–Crippen MR) is 132 cm³/mol. The fourth-order valence-corrected chi connectivity index (χ4v) is 4.35. The van der Waals surface area contributed by atoms with E-state index >= 15 is 0 Å². The second-order valence-corrected chi connectivity index (χ2v) is 8.27. The summed E-state index contributed by atoms with van der Waals surface area (Å²) < 4.78 is 7.30. The summed E-state index contributed by atoms with van der Waals surface area (Å²) in [5.41, 5.74) is 2.18. The number of nitrogens with one attached hydrogen (secondary N) is 1. The first-order valence-corrected chi connectivity index (χ1v) is 11.8. The zero-order chi connectivity index (χ0) is 23.0. The lowest BCUT2D eigenvalue weighted by atomic mass is 10.1. The molecule has 33 heavy (non-hydrogen) atoms. The molecule has 1 N–H and O–H groups in total.